The predicted octanol–water partition coefficient (Wildman–Crippen LogP) is -1.79. The second-order valence-electron chi connectivity index (χ2n) is 3.06. The van der Waals surface area contributed by atoms with Gasteiger partial charge in [0.1, 0.15) is 0 Å². The maximum Gasteiger partial charge on any atom is 1.00 e. The van der Waals surface area contributed by atoms with Gasteiger partial charge in [0.25, 0.3) is 0 Å². The van der Waals surface area contributed by atoms with Gasteiger partial charge in [0.2, 0.25) is 0 Å². The summed E-state index contributed by atoms with van der Waals surface area (Å²) in [6.45, 7) is 1.57. The van der Waals surface area contributed by atoms with Gasteiger partial charge < -0.3 is 6.53 Å². The minimum Gasteiger partial charge on any atom is -1.00 e. The Morgan fingerprint density at radius 3 is 2.27 bits per heavy atom. The Kier molecular flexibility index (Phi) is 4.59. The van der Waals surface area contributed by atoms with Crippen molar-refractivity contribution in [2.24, 2.45) is 0 Å². The molecular weight excluding hydrogens is 211 g/mol. The Bertz CT molecular complexity index is 484. The van der Waals surface area contributed by atoms with Gasteiger partial charge in [0.05, 0.1) is 10.5 Å². The van der Waals surface area contributed by atoms with Crippen LogP contribution >= 0.6 is 0 Å². The van der Waals surface area contributed by atoms with E-state index in [0.717, 1.165) is 6.26 Å². The van der Waals surface area contributed by atoms with Crippen molar-refractivity contribution in [1.29, 1.82) is 0 Å². The molecule has 0 fully saturated rings. The van der Waals surface area contributed by atoms with E-state index in [1.54, 1.807) is 6.92 Å². The second-order valence-corrected chi connectivity index (χ2v) is 5.04. The molecule has 0 radical (unpaired) electrons. The second kappa shape index (κ2) is 4.84. The van der Waals surface area contributed by atoms with Crippen LogP contribution in [0.2, 0.25) is 0 Å². The summed E-state index contributed by atoms with van der Waals surface area (Å²) >= 11 is 0. The summed E-state index contributed by atoms with van der Waals surface area (Å²) in [5, 5.41) is 8.65. The summed E-state index contributed by atoms with van der Waals surface area (Å²) < 4.78 is 22.4. The number of carbonyl (C=O) groups is 1. The van der Waals surface area contributed by atoms with Crippen LogP contribution in [-0.2, 0) is 9.84 Å². The molecule has 78 valence electrons. The van der Waals surface area contributed by atoms with E-state index in [-0.39, 0.29) is 30.7 Å². The van der Waals surface area contributed by atoms with Gasteiger partial charge in [-0.3, -0.25) is 0 Å². The maximum absolute atomic E-state index is 11.2. The van der Waals surface area contributed by atoms with Crippen molar-refractivity contribution >= 4 is 15.8 Å². The standard InChI is InChI=1S/C9H10O4S.Li.H/c1-6-5-7(9(10)11)3-4-8(6)14(2,12)13;;/h3-5H,1-2H3,(H,10,11);;/q;+1;-1. The number of rotatable bonds is 2. The Labute approximate surface area is 102 Å². The van der Waals surface area contributed by atoms with Gasteiger partial charge in [-0.15, -0.1) is 0 Å². The number of aromatic carboxylic acids is 1. The maximum atomic E-state index is 11.2. The monoisotopic (exact) mass is 222 g/mol. The van der Waals surface area contributed by atoms with E-state index in [9.17, 15) is 13.2 Å². The largest absolute Gasteiger partial charge is 1.00 e. The SMILES string of the molecule is Cc1cc(C(=O)O)ccc1S(C)(=O)=O.[H-].[Li+]. The van der Waals surface area contributed by atoms with Crippen LogP contribution in [-0.4, -0.2) is 25.7 Å². The minimum atomic E-state index is -3.27. The number of hydrogen-bond donors (Lipinski definition) is 1. The number of sulfone groups is 1. The Hall–Kier alpha value is -0.763. The van der Waals surface area contributed by atoms with Gasteiger partial charge in [-0.2, -0.15) is 0 Å². The molecule has 0 heterocycles. The molecule has 1 aromatic rings. The first kappa shape index (κ1) is 14.2. The summed E-state index contributed by atoms with van der Waals surface area (Å²) in [6.07, 6.45) is 1.09. The van der Waals surface area contributed by atoms with Crippen molar-refractivity contribution in [1.82, 2.24) is 0 Å². The van der Waals surface area contributed by atoms with Gasteiger partial charge in [-0.1, -0.05) is 0 Å². The number of carboxylic acid groups (broad SMARTS) is 1. The van der Waals surface area contributed by atoms with Crippen LogP contribution in [0.1, 0.15) is 17.3 Å². The zero-order valence-corrected chi connectivity index (χ0v) is 9.63. The molecule has 0 amide bonds. The van der Waals surface area contributed by atoms with Crippen LogP contribution in [0.15, 0.2) is 23.1 Å². The summed E-state index contributed by atoms with van der Waals surface area (Å²) in [7, 11) is -3.27. The van der Waals surface area contributed by atoms with Crippen LogP contribution in [0.4, 0.5) is 0 Å². The van der Waals surface area contributed by atoms with Crippen molar-refractivity contribution < 1.29 is 38.6 Å². The smallest absolute Gasteiger partial charge is 1.00 e. The first-order valence-corrected chi connectivity index (χ1v) is 5.75. The molecule has 1 N–H and O–H groups in total. The molecule has 0 aliphatic heterocycles. The Morgan fingerprint density at radius 1 is 1.40 bits per heavy atom. The fraction of sp³-hybridized carbons (Fsp3) is 0.222. The zero-order valence-electron chi connectivity index (χ0n) is 9.81. The van der Waals surface area contributed by atoms with E-state index in [1.807, 2.05) is 0 Å². The first-order valence-electron chi connectivity index (χ1n) is 3.86. The fourth-order valence-corrected chi connectivity index (χ4v) is 2.16. The molecule has 0 spiro atoms. The number of aryl methyl sites for hydroxylation is 1. The molecule has 1 aromatic carbocycles. The molecule has 6 heteroatoms. The van der Waals surface area contributed by atoms with Crippen LogP contribution in [0.5, 0.6) is 0 Å². The normalized spacial score (nSPS) is 10.5. The van der Waals surface area contributed by atoms with Gasteiger partial charge >= 0.3 is 24.8 Å². The predicted molar refractivity (Wildman–Crippen MR) is 52.4 cm³/mol. The van der Waals surface area contributed by atoms with Crippen molar-refractivity contribution in [3.63, 3.8) is 0 Å². The van der Waals surface area contributed by atoms with Crippen LogP contribution in [0.3, 0.4) is 0 Å². The number of benzene rings is 1. The van der Waals surface area contributed by atoms with E-state index in [2.05, 4.69) is 0 Å². The summed E-state index contributed by atoms with van der Waals surface area (Å²) in [5.74, 6) is -1.06. The molecule has 15 heavy (non-hydrogen) atoms. The summed E-state index contributed by atoms with van der Waals surface area (Å²) in [4.78, 5) is 10.7. The summed E-state index contributed by atoms with van der Waals surface area (Å²) in [6, 6.07) is 3.94. The van der Waals surface area contributed by atoms with Crippen molar-refractivity contribution in [3.8, 4) is 0 Å². The van der Waals surface area contributed by atoms with Crippen molar-refractivity contribution in [2.45, 2.75) is 11.8 Å². The van der Waals surface area contributed by atoms with E-state index in [4.69, 9.17) is 5.11 Å². The molecule has 0 saturated carbocycles. The van der Waals surface area contributed by atoms with Gasteiger partial charge in [0.15, 0.2) is 9.84 Å². The summed E-state index contributed by atoms with van der Waals surface area (Å²) in [5.41, 5.74) is 0.544. The molecule has 0 atom stereocenters. The third kappa shape index (κ3) is 3.38. The average molecular weight is 222 g/mol. The van der Waals surface area contributed by atoms with E-state index < -0.39 is 15.8 Å². The molecule has 0 aliphatic carbocycles. The van der Waals surface area contributed by atoms with E-state index >= 15 is 0 Å². The van der Waals surface area contributed by atoms with Crippen LogP contribution in [0.25, 0.3) is 0 Å². The topological polar surface area (TPSA) is 71.4 Å². The number of hydrogen-bond acceptors (Lipinski definition) is 3. The van der Waals surface area contributed by atoms with Crippen molar-refractivity contribution in [3.05, 3.63) is 29.3 Å². The zero-order chi connectivity index (χ0) is 10.9. The molecule has 0 bridgehead atoms. The first-order chi connectivity index (χ1) is 6.32. The van der Waals surface area contributed by atoms with E-state index in [1.165, 1.54) is 18.2 Å². The molecule has 0 unspecified atom stereocenters. The molecule has 0 aromatic heterocycles. The quantitative estimate of drug-likeness (QED) is 0.600. The van der Waals surface area contributed by atoms with Gasteiger partial charge in [0, 0.05) is 6.26 Å². The van der Waals surface area contributed by atoms with Crippen LogP contribution in [0, 0.1) is 6.92 Å². The average Bonchev–Trinajstić information content (AvgIpc) is 2.01. The Balaban J connectivity index is 0. The molecule has 0 saturated heterocycles. The van der Waals surface area contributed by atoms with Crippen LogP contribution < -0.4 is 18.9 Å². The molecule has 4 nitrogen and oxygen atoms in total. The minimum absolute atomic E-state index is 0. The van der Waals surface area contributed by atoms with Gasteiger partial charge in [-0.05, 0) is 30.7 Å². The molecule has 0 aliphatic rings. The van der Waals surface area contributed by atoms with E-state index in [0.29, 0.717) is 5.56 Å². The third-order valence-electron chi connectivity index (χ3n) is 1.82. The Morgan fingerprint density at radius 2 is 1.93 bits per heavy atom. The number of carboxylic acids is 1. The van der Waals surface area contributed by atoms with Crippen molar-refractivity contribution in [2.75, 3.05) is 6.26 Å². The molecule has 1 rings (SSSR count). The molecular formula is C9H11LiO4S. The van der Waals surface area contributed by atoms with Gasteiger partial charge in [-0.25, -0.2) is 13.2 Å². The third-order valence-corrected chi connectivity index (χ3v) is 3.08. The fourth-order valence-electron chi connectivity index (χ4n) is 1.20.